The Balaban J connectivity index is 0.00000129. The molecule has 0 heterocycles. The van der Waals surface area contributed by atoms with Gasteiger partial charge < -0.3 is 0 Å². The zero-order chi connectivity index (χ0) is 25.0. The summed E-state index contributed by atoms with van der Waals surface area (Å²) in [7, 11) is 0. The SMILES string of the molecule is C=C/C=C(\C=C(C)C)C1(C(/C=C\C)=C/C(=C)C)c2ccccc2-c2ccccc21.CC.CC. The van der Waals surface area contributed by atoms with Gasteiger partial charge in [0.25, 0.3) is 0 Å². The molecule has 174 valence electrons. The monoisotopic (exact) mass is 438 g/mol. The van der Waals surface area contributed by atoms with Gasteiger partial charge in [0, 0.05) is 0 Å². The fraction of sp³-hybridized carbons (Fsp3) is 0.273. The quantitative estimate of drug-likeness (QED) is 0.393. The van der Waals surface area contributed by atoms with Crippen LogP contribution in [0.25, 0.3) is 11.1 Å². The first-order chi connectivity index (χ1) is 16.0. The van der Waals surface area contributed by atoms with Crippen LogP contribution in [0.15, 0.2) is 120 Å². The third kappa shape index (κ3) is 5.63. The third-order valence-corrected chi connectivity index (χ3v) is 5.31. The first kappa shape index (κ1) is 27.9. The highest BCUT2D eigenvalue weighted by molar-refractivity contribution is 5.87. The Bertz CT molecular complexity index is 1010. The van der Waals surface area contributed by atoms with Crippen molar-refractivity contribution in [2.24, 2.45) is 0 Å². The maximum absolute atomic E-state index is 4.19. The Labute approximate surface area is 203 Å². The van der Waals surface area contributed by atoms with Gasteiger partial charge in [0.1, 0.15) is 0 Å². The molecule has 1 aliphatic rings. The smallest absolute Gasteiger partial charge is 0.0713 e. The Morgan fingerprint density at radius 2 is 1.24 bits per heavy atom. The summed E-state index contributed by atoms with van der Waals surface area (Å²) in [6.45, 7) is 24.6. The van der Waals surface area contributed by atoms with Crippen LogP contribution in [0.2, 0.25) is 0 Å². The fourth-order valence-corrected chi connectivity index (χ4v) is 4.47. The van der Waals surface area contributed by atoms with Gasteiger partial charge in [-0.05, 0) is 61.1 Å². The normalized spacial score (nSPS) is 13.6. The molecule has 0 bridgehead atoms. The van der Waals surface area contributed by atoms with E-state index in [0.717, 1.165) is 5.57 Å². The van der Waals surface area contributed by atoms with E-state index in [4.69, 9.17) is 0 Å². The van der Waals surface area contributed by atoms with Crippen LogP contribution in [0.5, 0.6) is 0 Å². The van der Waals surface area contributed by atoms with E-state index in [9.17, 15) is 0 Å². The summed E-state index contributed by atoms with van der Waals surface area (Å²) < 4.78 is 0. The molecule has 3 rings (SSSR count). The van der Waals surface area contributed by atoms with Crippen LogP contribution in [0.1, 0.15) is 66.5 Å². The first-order valence-corrected chi connectivity index (χ1v) is 12.1. The molecule has 0 fully saturated rings. The predicted octanol–water partition coefficient (Wildman–Crippen LogP) is 10.2. The number of fused-ring (bicyclic) bond motifs is 3. The van der Waals surface area contributed by atoms with Crippen molar-refractivity contribution in [3.63, 3.8) is 0 Å². The lowest BCUT2D eigenvalue weighted by atomic mass is 9.65. The maximum Gasteiger partial charge on any atom is 0.0713 e. The lowest BCUT2D eigenvalue weighted by Crippen LogP contribution is -2.29. The number of allylic oxidation sites excluding steroid dienone is 10. The van der Waals surface area contributed by atoms with E-state index in [2.05, 4.69) is 120 Å². The van der Waals surface area contributed by atoms with E-state index in [-0.39, 0.29) is 0 Å². The van der Waals surface area contributed by atoms with E-state index in [1.54, 1.807) is 0 Å². The molecule has 2 aromatic rings. The molecule has 0 saturated heterocycles. The van der Waals surface area contributed by atoms with Crippen LogP contribution in [0.4, 0.5) is 0 Å². The molecular weight excluding hydrogens is 396 g/mol. The van der Waals surface area contributed by atoms with E-state index in [1.807, 2.05) is 33.8 Å². The lowest BCUT2D eigenvalue weighted by molar-refractivity contribution is 0.762. The average Bonchev–Trinajstić information content (AvgIpc) is 3.12. The molecule has 0 unspecified atom stereocenters. The van der Waals surface area contributed by atoms with Crippen LogP contribution in [-0.2, 0) is 5.41 Å². The molecule has 0 spiro atoms. The first-order valence-electron chi connectivity index (χ1n) is 12.1. The van der Waals surface area contributed by atoms with Crippen molar-refractivity contribution < 1.29 is 0 Å². The Morgan fingerprint density at radius 3 is 1.64 bits per heavy atom. The largest absolute Gasteiger partial charge is 0.0991 e. The van der Waals surface area contributed by atoms with Gasteiger partial charge in [-0.3, -0.25) is 0 Å². The highest BCUT2D eigenvalue weighted by Gasteiger charge is 2.46. The minimum absolute atomic E-state index is 0.413. The molecule has 0 amide bonds. The average molecular weight is 439 g/mol. The molecule has 0 aromatic heterocycles. The molecule has 0 atom stereocenters. The summed E-state index contributed by atoms with van der Waals surface area (Å²) >= 11 is 0. The van der Waals surface area contributed by atoms with Gasteiger partial charge in [-0.25, -0.2) is 0 Å². The van der Waals surface area contributed by atoms with Gasteiger partial charge in [-0.2, -0.15) is 0 Å². The standard InChI is InChI=1S/C29H30.2C2H6/c1-7-13-23(19-21(3)4)29(24(14-8-2)20-22(5)6)27-17-11-9-15-25(27)26-16-10-12-18-28(26)29;2*1-2/h7-20H,1,5H2,2-4,6H3;2*1-2H3/b14-8-,23-13+,24-20+;;. The highest BCUT2D eigenvalue weighted by Crippen LogP contribution is 2.57. The number of rotatable bonds is 6. The number of benzene rings is 2. The number of hydrogen-bond acceptors (Lipinski definition) is 0. The van der Waals surface area contributed by atoms with E-state index in [1.165, 1.54) is 39.0 Å². The van der Waals surface area contributed by atoms with E-state index in [0.29, 0.717) is 0 Å². The second-order valence-electron chi connectivity index (χ2n) is 7.87. The van der Waals surface area contributed by atoms with Crippen LogP contribution in [0, 0.1) is 0 Å². The summed E-state index contributed by atoms with van der Waals surface area (Å²) in [6, 6.07) is 17.5. The number of hydrogen-bond donors (Lipinski definition) is 0. The van der Waals surface area contributed by atoms with Gasteiger partial charge in [0.05, 0.1) is 5.41 Å². The zero-order valence-corrected chi connectivity index (χ0v) is 22.0. The van der Waals surface area contributed by atoms with Gasteiger partial charge in [-0.1, -0.05) is 137 Å². The van der Waals surface area contributed by atoms with Gasteiger partial charge in [-0.15, -0.1) is 0 Å². The van der Waals surface area contributed by atoms with Crippen LogP contribution < -0.4 is 0 Å². The van der Waals surface area contributed by atoms with Gasteiger partial charge in [0.2, 0.25) is 0 Å². The fourth-order valence-electron chi connectivity index (χ4n) is 4.47. The van der Waals surface area contributed by atoms with E-state index >= 15 is 0 Å². The van der Waals surface area contributed by atoms with Crippen LogP contribution >= 0.6 is 0 Å². The van der Waals surface area contributed by atoms with Crippen molar-refractivity contribution in [1.29, 1.82) is 0 Å². The molecule has 0 N–H and O–H groups in total. The summed E-state index contributed by atoms with van der Waals surface area (Å²) in [6.07, 6.45) is 12.9. The van der Waals surface area contributed by atoms with Crippen molar-refractivity contribution in [2.75, 3.05) is 0 Å². The second kappa shape index (κ2) is 13.4. The molecule has 0 saturated carbocycles. The Hall–Kier alpha value is -3.12. The van der Waals surface area contributed by atoms with Crippen molar-refractivity contribution in [2.45, 2.75) is 60.8 Å². The molecule has 0 aliphatic heterocycles. The summed E-state index contributed by atoms with van der Waals surface area (Å²) in [5.41, 5.74) is 9.50. The summed E-state index contributed by atoms with van der Waals surface area (Å²) in [5.74, 6) is 0. The van der Waals surface area contributed by atoms with Crippen molar-refractivity contribution in [3.8, 4) is 11.1 Å². The molecule has 1 aliphatic carbocycles. The molecule has 33 heavy (non-hydrogen) atoms. The maximum atomic E-state index is 4.19. The molecular formula is C33H42. The Morgan fingerprint density at radius 1 is 0.758 bits per heavy atom. The van der Waals surface area contributed by atoms with Gasteiger partial charge in [0.15, 0.2) is 0 Å². The van der Waals surface area contributed by atoms with Gasteiger partial charge >= 0.3 is 0 Å². The van der Waals surface area contributed by atoms with Crippen molar-refractivity contribution >= 4 is 0 Å². The molecule has 0 nitrogen and oxygen atoms in total. The predicted molar refractivity (Wildman–Crippen MR) is 151 cm³/mol. The molecule has 0 heteroatoms. The lowest BCUT2D eigenvalue weighted by Gasteiger charge is -2.36. The van der Waals surface area contributed by atoms with Crippen molar-refractivity contribution in [3.05, 3.63) is 132 Å². The van der Waals surface area contributed by atoms with E-state index < -0.39 is 5.41 Å². The summed E-state index contributed by atoms with van der Waals surface area (Å²) in [4.78, 5) is 0. The topological polar surface area (TPSA) is 0 Å². The van der Waals surface area contributed by atoms with Crippen molar-refractivity contribution in [1.82, 2.24) is 0 Å². The molecule has 2 aromatic carbocycles. The minimum Gasteiger partial charge on any atom is -0.0991 e. The molecule has 0 radical (unpaired) electrons. The summed E-state index contributed by atoms with van der Waals surface area (Å²) in [5, 5.41) is 0. The van der Waals surface area contributed by atoms with Crippen LogP contribution in [-0.4, -0.2) is 0 Å². The zero-order valence-electron chi connectivity index (χ0n) is 22.0. The third-order valence-electron chi connectivity index (χ3n) is 5.31. The highest BCUT2D eigenvalue weighted by atomic mass is 14.5. The second-order valence-corrected chi connectivity index (χ2v) is 7.87. The minimum atomic E-state index is -0.413. The Kier molecular flexibility index (Phi) is 11.4. The van der Waals surface area contributed by atoms with Crippen LogP contribution in [0.3, 0.4) is 0 Å².